The number of aliphatic hydroxyl groups excluding tert-OH is 2. The van der Waals surface area contributed by atoms with E-state index >= 15 is 0 Å². The largest absolute Gasteiger partial charge is 0.455 e. The van der Waals surface area contributed by atoms with E-state index in [1.54, 1.807) is 61.5 Å². The van der Waals surface area contributed by atoms with Gasteiger partial charge in [-0.15, -0.1) is 0 Å². The minimum absolute atomic E-state index is 0.0615. The van der Waals surface area contributed by atoms with E-state index in [2.05, 4.69) is 0 Å². The van der Waals surface area contributed by atoms with E-state index in [4.69, 9.17) is 14.2 Å². The summed E-state index contributed by atoms with van der Waals surface area (Å²) < 4.78 is 18.3. The van der Waals surface area contributed by atoms with Gasteiger partial charge in [0.1, 0.15) is 17.8 Å². The van der Waals surface area contributed by atoms with Gasteiger partial charge in [0.2, 0.25) is 0 Å². The lowest BCUT2D eigenvalue weighted by Crippen LogP contribution is -2.76. The standard InChI is InChI=1S/C30H46O10/c1-10-14(3)23(33)38-21-17(6)29(36)18-12-16(5)20(32)30(18,37)25(35)28(13-31)22(39-28)19(29)26(7,8)27(21,9)40-24(34)15(4)11-2/h10,15-19,21-22,25,31,35-37H,11-13H2,1-9H3/b14-10+. The fourth-order valence-corrected chi connectivity index (χ4v) is 8.05. The van der Waals surface area contributed by atoms with E-state index < -0.39 is 100 Å². The van der Waals surface area contributed by atoms with Crippen molar-refractivity contribution in [1.29, 1.82) is 0 Å². The van der Waals surface area contributed by atoms with Gasteiger partial charge in [-0.25, -0.2) is 4.79 Å². The van der Waals surface area contributed by atoms with Crippen LogP contribution >= 0.6 is 0 Å². The van der Waals surface area contributed by atoms with Crippen LogP contribution in [0.4, 0.5) is 0 Å². The highest BCUT2D eigenvalue weighted by molar-refractivity contribution is 5.93. The summed E-state index contributed by atoms with van der Waals surface area (Å²) in [6.45, 7) is 14.6. The van der Waals surface area contributed by atoms with Crippen molar-refractivity contribution < 1.29 is 49.0 Å². The molecule has 0 radical (unpaired) electrons. The molecule has 0 aromatic carbocycles. The first-order valence-electron chi connectivity index (χ1n) is 14.4. The SMILES string of the molecule is C/C=C(\C)C(=O)OC1C(C)C2(O)C3CC(C)C(=O)C3(O)C(O)C3(CO)OC3C2C(C)(C)C1(C)OC(=O)C(C)CC. The molecule has 40 heavy (non-hydrogen) atoms. The lowest BCUT2D eigenvalue weighted by molar-refractivity contribution is -0.308. The number of ketones is 1. The third-order valence-corrected chi connectivity index (χ3v) is 11.3. The quantitative estimate of drug-likeness (QED) is 0.211. The number of ether oxygens (including phenoxy) is 3. The Morgan fingerprint density at radius 1 is 1.20 bits per heavy atom. The molecule has 1 heterocycles. The van der Waals surface area contributed by atoms with Crippen LogP contribution in [0.15, 0.2) is 11.6 Å². The van der Waals surface area contributed by atoms with E-state index in [1.165, 1.54) is 0 Å². The van der Waals surface area contributed by atoms with E-state index in [0.29, 0.717) is 12.0 Å². The number of carbonyl (C=O) groups excluding carboxylic acids is 3. The predicted octanol–water partition coefficient (Wildman–Crippen LogP) is 1.70. The maximum absolute atomic E-state index is 13.5. The van der Waals surface area contributed by atoms with Crippen LogP contribution in [0.5, 0.6) is 0 Å². The van der Waals surface area contributed by atoms with Crippen molar-refractivity contribution in [3.05, 3.63) is 11.6 Å². The number of esters is 2. The maximum Gasteiger partial charge on any atom is 0.333 e. The van der Waals surface area contributed by atoms with Crippen molar-refractivity contribution in [2.24, 2.45) is 35.0 Å². The molecule has 0 bridgehead atoms. The van der Waals surface area contributed by atoms with Gasteiger partial charge in [-0.3, -0.25) is 9.59 Å². The van der Waals surface area contributed by atoms with Crippen molar-refractivity contribution in [2.75, 3.05) is 6.61 Å². The number of rotatable bonds is 6. The fourth-order valence-electron chi connectivity index (χ4n) is 8.05. The lowest BCUT2D eigenvalue weighted by atomic mass is 9.46. The summed E-state index contributed by atoms with van der Waals surface area (Å²) in [4.78, 5) is 40.0. The van der Waals surface area contributed by atoms with Crippen molar-refractivity contribution in [2.45, 2.75) is 116 Å². The number of carbonyl (C=O) groups is 3. The lowest BCUT2D eigenvalue weighted by Gasteiger charge is -2.64. The van der Waals surface area contributed by atoms with Crippen molar-refractivity contribution >= 4 is 17.7 Å². The first-order chi connectivity index (χ1) is 18.4. The Morgan fingerprint density at radius 3 is 2.33 bits per heavy atom. The Balaban J connectivity index is 1.98. The van der Waals surface area contributed by atoms with Crippen LogP contribution in [-0.2, 0) is 28.6 Å². The molecule has 10 nitrogen and oxygen atoms in total. The van der Waals surface area contributed by atoms with Gasteiger partial charge in [-0.1, -0.05) is 47.6 Å². The molecule has 12 unspecified atom stereocenters. The summed E-state index contributed by atoms with van der Waals surface area (Å²) in [5.74, 6) is -6.05. The number of fused-ring (bicyclic) bond motifs is 5. The maximum atomic E-state index is 13.5. The Hall–Kier alpha value is -1.85. The monoisotopic (exact) mass is 566 g/mol. The van der Waals surface area contributed by atoms with Gasteiger partial charge in [0.25, 0.3) is 0 Å². The average Bonchev–Trinajstić information content (AvgIpc) is 3.59. The smallest absolute Gasteiger partial charge is 0.333 e. The van der Waals surface area contributed by atoms with E-state index in [0.717, 1.165) is 0 Å². The molecule has 12 atom stereocenters. The van der Waals surface area contributed by atoms with Gasteiger partial charge >= 0.3 is 11.9 Å². The Morgan fingerprint density at radius 2 is 1.80 bits per heavy atom. The highest BCUT2D eigenvalue weighted by Crippen LogP contribution is 2.70. The summed E-state index contributed by atoms with van der Waals surface area (Å²) in [7, 11) is 0. The molecular formula is C30H46O10. The van der Waals surface area contributed by atoms with E-state index in [-0.39, 0.29) is 6.42 Å². The normalized spacial score (nSPS) is 48.3. The molecule has 0 aromatic rings. The molecule has 3 saturated carbocycles. The van der Waals surface area contributed by atoms with Crippen LogP contribution in [0.3, 0.4) is 0 Å². The minimum atomic E-state index is -2.42. The van der Waals surface area contributed by atoms with Crippen molar-refractivity contribution in [3.63, 3.8) is 0 Å². The topological polar surface area (TPSA) is 163 Å². The zero-order valence-electron chi connectivity index (χ0n) is 25.1. The molecular weight excluding hydrogens is 520 g/mol. The molecule has 0 amide bonds. The van der Waals surface area contributed by atoms with Gasteiger partial charge < -0.3 is 34.6 Å². The van der Waals surface area contributed by atoms with Gasteiger partial charge in [-0.05, 0) is 33.6 Å². The molecule has 1 aliphatic heterocycles. The number of allylic oxidation sites excluding steroid dienone is 1. The van der Waals surface area contributed by atoms with Gasteiger partial charge in [0.05, 0.1) is 24.2 Å². The third-order valence-electron chi connectivity index (χ3n) is 11.3. The van der Waals surface area contributed by atoms with E-state index in [1.807, 2.05) is 6.92 Å². The molecule has 0 spiro atoms. The second kappa shape index (κ2) is 9.59. The van der Waals surface area contributed by atoms with Crippen LogP contribution in [0.25, 0.3) is 0 Å². The molecule has 3 aliphatic carbocycles. The molecule has 4 N–H and O–H groups in total. The number of hydrogen-bond acceptors (Lipinski definition) is 10. The molecule has 10 heteroatoms. The number of epoxide rings is 1. The zero-order valence-corrected chi connectivity index (χ0v) is 25.1. The van der Waals surface area contributed by atoms with Gasteiger partial charge in [-0.2, -0.15) is 0 Å². The first kappa shape index (κ1) is 31.1. The van der Waals surface area contributed by atoms with E-state index in [9.17, 15) is 34.8 Å². The van der Waals surface area contributed by atoms with Gasteiger partial charge in [0, 0.05) is 34.7 Å². The average molecular weight is 567 g/mol. The van der Waals surface area contributed by atoms with Crippen molar-refractivity contribution in [3.8, 4) is 0 Å². The highest BCUT2D eigenvalue weighted by Gasteiger charge is 2.86. The summed E-state index contributed by atoms with van der Waals surface area (Å²) in [6.07, 6.45) is -1.83. The highest BCUT2D eigenvalue weighted by atomic mass is 16.6. The van der Waals surface area contributed by atoms with Crippen LogP contribution in [-0.4, -0.2) is 85.5 Å². The van der Waals surface area contributed by atoms with Crippen LogP contribution in [0, 0.1) is 35.0 Å². The third kappa shape index (κ3) is 3.68. The molecule has 4 rings (SSSR count). The molecule has 1 saturated heterocycles. The summed E-state index contributed by atoms with van der Waals surface area (Å²) in [6, 6.07) is 0. The molecule has 4 aliphatic rings. The summed E-state index contributed by atoms with van der Waals surface area (Å²) in [5.41, 5.74) is -8.47. The summed E-state index contributed by atoms with van der Waals surface area (Å²) in [5, 5.41) is 47.0. The zero-order chi connectivity index (χ0) is 30.4. The Labute approximate surface area is 236 Å². The number of aliphatic hydroxyl groups is 4. The molecule has 226 valence electrons. The second-order valence-corrected chi connectivity index (χ2v) is 13.4. The number of Topliss-reactive ketones (excluding diaryl/α,β-unsaturated/α-hetero) is 1. The molecule has 4 fully saturated rings. The number of hydrogen-bond donors (Lipinski definition) is 4. The predicted molar refractivity (Wildman–Crippen MR) is 143 cm³/mol. The van der Waals surface area contributed by atoms with Gasteiger partial charge in [0.15, 0.2) is 17.0 Å². The van der Waals surface area contributed by atoms with Crippen LogP contribution in [0.1, 0.15) is 75.2 Å². The fraction of sp³-hybridized carbons (Fsp3) is 0.833. The Bertz CT molecular complexity index is 1120. The summed E-state index contributed by atoms with van der Waals surface area (Å²) >= 11 is 0. The van der Waals surface area contributed by atoms with Crippen LogP contribution in [0.2, 0.25) is 0 Å². The van der Waals surface area contributed by atoms with Crippen LogP contribution < -0.4 is 0 Å². The van der Waals surface area contributed by atoms with Crippen molar-refractivity contribution in [1.82, 2.24) is 0 Å². The minimum Gasteiger partial charge on any atom is -0.455 e. The molecule has 0 aromatic heterocycles. The first-order valence-corrected chi connectivity index (χ1v) is 14.4. The second-order valence-electron chi connectivity index (χ2n) is 13.4. The Kier molecular flexibility index (Phi) is 7.45.